The first-order chi connectivity index (χ1) is 9.63. The van der Waals surface area contributed by atoms with Gasteiger partial charge in [0.25, 0.3) is 5.89 Å². The molecule has 0 aromatic carbocycles. The summed E-state index contributed by atoms with van der Waals surface area (Å²) in [7, 11) is 0. The van der Waals surface area contributed by atoms with Crippen LogP contribution in [0, 0.1) is 0 Å². The largest absolute Gasteiger partial charge is 0.459 e. The van der Waals surface area contributed by atoms with Crippen molar-refractivity contribution in [2.24, 2.45) is 0 Å². The average Bonchev–Trinajstić information content (AvgIpc) is 3.07. The van der Waals surface area contributed by atoms with Crippen LogP contribution in [0.4, 0.5) is 6.01 Å². The van der Waals surface area contributed by atoms with Gasteiger partial charge in [-0.2, -0.15) is 0 Å². The lowest BCUT2D eigenvalue weighted by Crippen LogP contribution is -2.25. The van der Waals surface area contributed by atoms with E-state index in [9.17, 15) is 9.59 Å². The number of aromatic nitrogens is 2. The van der Waals surface area contributed by atoms with Crippen molar-refractivity contribution < 1.29 is 18.4 Å². The Morgan fingerprint density at radius 3 is 3.05 bits per heavy atom. The van der Waals surface area contributed by atoms with Gasteiger partial charge in [-0.15, -0.1) is 5.10 Å². The highest BCUT2D eigenvalue weighted by Gasteiger charge is 2.35. The first-order valence-corrected chi connectivity index (χ1v) is 6.86. The van der Waals surface area contributed by atoms with Crippen LogP contribution in [0.3, 0.4) is 0 Å². The number of thioether (sulfide) groups is 1. The van der Waals surface area contributed by atoms with Crippen LogP contribution in [0.15, 0.2) is 27.2 Å². The zero-order valence-electron chi connectivity index (χ0n) is 10.6. The minimum absolute atomic E-state index is 0.00791. The predicted octanol–water partition coefficient (Wildman–Crippen LogP) is 1.71. The average molecular weight is 293 g/mol. The number of furan rings is 1. The number of carbonyl (C=O) groups is 2. The Morgan fingerprint density at radius 1 is 1.50 bits per heavy atom. The van der Waals surface area contributed by atoms with E-state index in [-0.39, 0.29) is 28.2 Å². The molecule has 104 valence electrons. The maximum Gasteiger partial charge on any atom is 0.325 e. The molecule has 0 aliphatic carbocycles. The topological polar surface area (TPSA) is 89.4 Å². The zero-order chi connectivity index (χ0) is 14.1. The second-order valence-corrected chi connectivity index (χ2v) is 5.78. The van der Waals surface area contributed by atoms with E-state index in [1.807, 2.05) is 0 Å². The number of amides is 1. The van der Waals surface area contributed by atoms with Gasteiger partial charge in [-0.3, -0.25) is 14.5 Å². The van der Waals surface area contributed by atoms with E-state index in [1.165, 1.54) is 18.1 Å². The van der Waals surface area contributed by atoms with E-state index >= 15 is 0 Å². The molecule has 8 heteroatoms. The van der Waals surface area contributed by atoms with Crippen molar-refractivity contribution in [3.8, 4) is 11.7 Å². The molecular weight excluding hydrogens is 282 g/mol. The van der Waals surface area contributed by atoms with Gasteiger partial charge in [-0.1, -0.05) is 16.9 Å². The molecule has 0 spiro atoms. The van der Waals surface area contributed by atoms with Crippen LogP contribution in [0.2, 0.25) is 0 Å². The summed E-state index contributed by atoms with van der Waals surface area (Å²) in [6.07, 6.45) is 1.79. The van der Waals surface area contributed by atoms with Crippen LogP contribution < -0.4 is 4.90 Å². The standard InChI is InChI=1S/C12H11N3O4S/c1-7(16)20-8-5-10(17)15(6-8)12-14-13-11(19-12)9-3-2-4-18-9/h2-4,8H,5-6H2,1H3. The number of rotatable bonds is 3. The van der Waals surface area contributed by atoms with E-state index in [2.05, 4.69) is 10.2 Å². The molecule has 2 aromatic heterocycles. The van der Waals surface area contributed by atoms with Crippen molar-refractivity contribution in [1.82, 2.24) is 10.2 Å². The Hall–Kier alpha value is -2.09. The summed E-state index contributed by atoms with van der Waals surface area (Å²) in [5.41, 5.74) is 0. The SMILES string of the molecule is CC(=O)SC1CC(=O)N(c2nnc(-c3ccco3)o2)C1. The summed E-state index contributed by atoms with van der Waals surface area (Å²) in [5, 5.41) is 7.62. The van der Waals surface area contributed by atoms with Gasteiger partial charge in [-0.25, -0.2) is 0 Å². The van der Waals surface area contributed by atoms with Crippen molar-refractivity contribution in [3.05, 3.63) is 18.4 Å². The molecule has 3 heterocycles. The fraction of sp³-hybridized carbons (Fsp3) is 0.333. The lowest BCUT2D eigenvalue weighted by atomic mass is 10.4. The lowest BCUT2D eigenvalue weighted by molar-refractivity contribution is -0.117. The maximum absolute atomic E-state index is 11.9. The van der Waals surface area contributed by atoms with Crippen molar-refractivity contribution in [2.75, 3.05) is 11.4 Å². The quantitative estimate of drug-likeness (QED) is 0.851. The molecule has 3 rings (SSSR count). The van der Waals surface area contributed by atoms with E-state index in [0.29, 0.717) is 18.7 Å². The molecule has 2 aromatic rings. The van der Waals surface area contributed by atoms with Crippen LogP contribution in [0.25, 0.3) is 11.7 Å². The molecule has 7 nitrogen and oxygen atoms in total. The van der Waals surface area contributed by atoms with Gasteiger partial charge in [0.05, 0.1) is 6.26 Å². The molecule has 1 saturated heterocycles. The monoisotopic (exact) mass is 293 g/mol. The predicted molar refractivity (Wildman–Crippen MR) is 71.0 cm³/mol. The van der Waals surface area contributed by atoms with Gasteiger partial charge in [0.15, 0.2) is 10.9 Å². The molecule has 1 unspecified atom stereocenters. The molecule has 1 fully saturated rings. The normalized spacial score (nSPS) is 18.8. The minimum atomic E-state index is -0.126. The van der Waals surface area contributed by atoms with Gasteiger partial charge >= 0.3 is 6.01 Å². The van der Waals surface area contributed by atoms with Gasteiger partial charge in [0, 0.05) is 25.1 Å². The van der Waals surface area contributed by atoms with Crippen LogP contribution in [-0.4, -0.2) is 33.0 Å². The third kappa shape index (κ3) is 2.46. The number of nitrogens with zero attached hydrogens (tertiary/aromatic N) is 3. The van der Waals surface area contributed by atoms with Crippen LogP contribution in [0.5, 0.6) is 0 Å². The third-order valence-electron chi connectivity index (χ3n) is 2.80. The summed E-state index contributed by atoms with van der Waals surface area (Å²) >= 11 is 1.16. The molecule has 1 atom stereocenters. The van der Waals surface area contributed by atoms with E-state index in [1.54, 1.807) is 12.1 Å². The summed E-state index contributed by atoms with van der Waals surface area (Å²) in [4.78, 5) is 24.4. The zero-order valence-corrected chi connectivity index (χ0v) is 11.4. The molecule has 1 aliphatic heterocycles. The molecule has 0 N–H and O–H groups in total. The fourth-order valence-corrected chi connectivity index (χ4v) is 2.92. The highest BCUT2D eigenvalue weighted by molar-refractivity contribution is 8.14. The Labute approximate surface area is 118 Å². The third-order valence-corrected chi connectivity index (χ3v) is 3.78. The Bertz CT molecular complexity index is 637. The van der Waals surface area contributed by atoms with Crippen LogP contribution >= 0.6 is 11.8 Å². The first kappa shape index (κ1) is 12.9. The fourth-order valence-electron chi connectivity index (χ4n) is 2.00. The second-order valence-electron chi connectivity index (χ2n) is 4.31. The summed E-state index contributed by atoms with van der Waals surface area (Å²) in [5.74, 6) is 0.545. The number of anilines is 1. The number of hydrogen-bond donors (Lipinski definition) is 0. The van der Waals surface area contributed by atoms with Gasteiger partial charge in [0.2, 0.25) is 5.91 Å². The minimum Gasteiger partial charge on any atom is -0.459 e. The van der Waals surface area contributed by atoms with Gasteiger partial charge in [0.1, 0.15) is 0 Å². The second kappa shape index (κ2) is 5.12. The van der Waals surface area contributed by atoms with E-state index in [0.717, 1.165) is 11.8 Å². The molecule has 0 bridgehead atoms. The molecular formula is C12H11N3O4S. The lowest BCUT2D eigenvalue weighted by Gasteiger charge is -2.09. The van der Waals surface area contributed by atoms with E-state index < -0.39 is 0 Å². The van der Waals surface area contributed by atoms with Crippen LogP contribution in [-0.2, 0) is 9.59 Å². The van der Waals surface area contributed by atoms with Gasteiger partial charge in [-0.05, 0) is 12.1 Å². The van der Waals surface area contributed by atoms with Crippen molar-refractivity contribution >= 4 is 28.8 Å². The van der Waals surface area contributed by atoms with Crippen molar-refractivity contribution in [2.45, 2.75) is 18.6 Å². The van der Waals surface area contributed by atoms with E-state index in [4.69, 9.17) is 8.83 Å². The summed E-state index contributed by atoms with van der Waals surface area (Å²) < 4.78 is 10.6. The number of carbonyl (C=O) groups excluding carboxylic acids is 2. The summed E-state index contributed by atoms with van der Waals surface area (Å²) in [6.45, 7) is 1.88. The van der Waals surface area contributed by atoms with Crippen molar-refractivity contribution in [3.63, 3.8) is 0 Å². The molecule has 1 amide bonds. The first-order valence-electron chi connectivity index (χ1n) is 5.98. The van der Waals surface area contributed by atoms with Gasteiger partial charge < -0.3 is 8.83 Å². The Kier molecular flexibility index (Phi) is 3.31. The maximum atomic E-state index is 11.9. The smallest absolute Gasteiger partial charge is 0.325 e. The molecule has 1 aliphatic rings. The Balaban J connectivity index is 1.77. The number of hydrogen-bond acceptors (Lipinski definition) is 7. The highest BCUT2D eigenvalue weighted by Crippen LogP contribution is 2.29. The molecule has 20 heavy (non-hydrogen) atoms. The van der Waals surface area contributed by atoms with Crippen LogP contribution in [0.1, 0.15) is 13.3 Å². The molecule has 0 radical (unpaired) electrons. The summed E-state index contributed by atoms with van der Waals surface area (Å²) in [6, 6.07) is 3.53. The molecule has 0 saturated carbocycles. The van der Waals surface area contributed by atoms with Crippen molar-refractivity contribution in [1.29, 1.82) is 0 Å². The highest BCUT2D eigenvalue weighted by atomic mass is 32.2. The Morgan fingerprint density at radius 2 is 2.35 bits per heavy atom.